The third-order valence-electron chi connectivity index (χ3n) is 15.9. The molecule has 13 rings (SSSR count). The van der Waals surface area contributed by atoms with Gasteiger partial charge in [0.2, 0.25) is 0 Å². The van der Waals surface area contributed by atoms with Crippen molar-refractivity contribution in [1.29, 1.82) is 0 Å². The number of nitrogen functional groups attached to an aromatic ring is 1. The number of benzene rings is 13. The number of fused-ring (bicyclic) bond motifs is 2. The van der Waals surface area contributed by atoms with E-state index in [0.29, 0.717) is 104 Å². The van der Waals surface area contributed by atoms with Crippen LogP contribution in [0.2, 0.25) is 0 Å². The van der Waals surface area contributed by atoms with Crippen LogP contribution in [0.3, 0.4) is 0 Å². The fraction of sp³-hybridized carbons (Fsp3) is 0.0920. The Hall–Kier alpha value is -11.7. The average Bonchev–Trinajstić information content (AvgIpc) is 0.779. The summed E-state index contributed by atoms with van der Waals surface area (Å²) in [7, 11) is 2.52. The fourth-order valence-electron chi connectivity index (χ4n) is 10.5. The maximum absolute atomic E-state index is 13.3. The molecule has 109 heavy (non-hydrogen) atoms. The number of phenols is 3. The zero-order valence-electron chi connectivity index (χ0n) is 59.1. The number of hydrogen-bond acceptors (Lipinski definition) is 17. The number of nitrogens with two attached hydrogens (primary N) is 1. The number of hydrazone groups is 1. The van der Waals surface area contributed by atoms with E-state index in [1.54, 1.807) is 60.8 Å². The molecule has 0 aliphatic carbocycles. The number of aromatic hydroxyl groups is 3. The summed E-state index contributed by atoms with van der Waals surface area (Å²) in [6, 6.07) is 94.9. The van der Waals surface area contributed by atoms with Crippen molar-refractivity contribution in [3.05, 3.63) is 365 Å². The predicted octanol–water partition coefficient (Wildman–Crippen LogP) is 15.4. The molecule has 2 amide bonds. The first kappa shape index (κ1) is 81.4. The zero-order chi connectivity index (χ0) is 77.0. The Morgan fingerprint density at radius 3 is 0.908 bits per heavy atom. The Balaban J connectivity index is 0.000000176. The number of nitrogens with one attached hydrogen (secondary N) is 2. The molecular formula is C87H76I3N4O15-. The number of methoxy groups -OCH3 is 2. The van der Waals surface area contributed by atoms with E-state index < -0.39 is 35.1 Å². The number of hydrogen-bond donors (Lipinski definition) is 6. The second-order valence-electron chi connectivity index (χ2n) is 23.5. The number of ether oxygens (including phenoxy) is 8. The van der Waals surface area contributed by atoms with E-state index in [-0.39, 0.29) is 11.5 Å². The first-order valence-electron chi connectivity index (χ1n) is 33.7. The molecule has 556 valence electrons. The van der Waals surface area contributed by atoms with Crippen LogP contribution >= 0.6 is 37.2 Å². The predicted molar refractivity (Wildman–Crippen MR) is 434 cm³/mol. The van der Waals surface area contributed by atoms with Gasteiger partial charge < -0.3 is 53.2 Å². The molecule has 7 N–H and O–H groups in total. The van der Waals surface area contributed by atoms with Gasteiger partial charge in [0.15, 0.2) is 17.2 Å². The molecule has 13 aromatic carbocycles. The summed E-state index contributed by atoms with van der Waals surface area (Å²) in [6.07, 6.45) is 1.71. The minimum Gasteiger partial charge on any atom is -0.489 e. The van der Waals surface area contributed by atoms with Crippen LogP contribution in [0.4, 0.5) is 0 Å². The molecule has 0 atom stereocenters. The van der Waals surface area contributed by atoms with Crippen molar-refractivity contribution < 1.29 is 85.6 Å². The van der Waals surface area contributed by atoms with Crippen molar-refractivity contribution in [2.24, 2.45) is 10.9 Å². The Labute approximate surface area is 660 Å². The number of esters is 2. The topological polar surface area (TPSA) is 265 Å². The summed E-state index contributed by atoms with van der Waals surface area (Å²) < 4.78 is 44.6. The third kappa shape index (κ3) is 26.3. The quantitative estimate of drug-likeness (QED) is 0.00480. The normalized spacial score (nSPS) is 10.4. The van der Waals surface area contributed by atoms with Crippen molar-refractivity contribution in [2.75, 3.05) is 14.2 Å². The van der Waals surface area contributed by atoms with Gasteiger partial charge in [0.25, 0.3) is 11.8 Å². The molecule has 0 fully saturated rings. The summed E-state index contributed by atoms with van der Waals surface area (Å²) >= 11 is 5.30. The van der Waals surface area contributed by atoms with Gasteiger partial charge in [0, 0.05) is 34.9 Å². The smallest absolute Gasteiger partial charge is 0.271 e. The molecule has 0 heterocycles. The van der Waals surface area contributed by atoms with Crippen LogP contribution in [0.1, 0.15) is 80.4 Å². The summed E-state index contributed by atoms with van der Waals surface area (Å²) in [5.41, 5.74) is 13.1. The molecule has 0 spiro atoms. The maximum atomic E-state index is 13.3. The van der Waals surface area contributed by atoms with Gasteiger partial charge >= 0.3 is 62.4 Å². The van der Waals surface area contributed by atoms with Gasteiger partial charge in [-0.15, -0.1) is 0 Å². The molecule has 19 nitrogen and oxygen atoms in total. The molecule has 0 saturated heterocycles. The van der Waals surface area contributed by atoms with Crippen LogP contribution in [-0.4, -0.2) is 59.5 Å². The number of halogens is 3. The largest absolute Gasteiger partial charge is 0.489 e. The van der Waals surface area contributed by atoms with Crippen molar-refractivity contribution in [3.63, 3.8) is 0 Å². The minimum atomic E-state index is -0.703. The van der Waals surface area contributed by atoms with E-state index in [2.05, 4.69) is 88.3 Å². The molecule has 0 radical (unpaired) electrons. The van der Waals surface area contributed by atoms with Crippen LogP contribution in [-0.2, 0) is 49.1 Å². The molecule has 22 heteroatoms. The van der Waals surface area contributed by atoms with E-state index >= 15 is 0 Å². The number of carbonyl (C=O) groups excluding carboxylic acids is 4. The summed E-state index contributed by atoms with van der Waals surface area (Å²) in [6.45, 7) is 2.35. The molecule has 0 unspecified atom stereocenters. The Morgan fingerprint density at radius 1 is 0.367 bits per heavy atom. The van der Waals surface area contributed by atoms with E-state index in [4.69, 9.17) is 54.3 Å². The molecule has 0 aliphatic heterocycles. The molecular weight excluding hydrogens is 1720 g/mol. The molecule has 0 aromatic heterocycles. The van der Waals surface area contributed by atoms with Crippen molar-refractivity contribution >= 4 is 88.7 Å². The van der Waals surface area contributed by atoms with Crippen LogP contribution in [0, 0.1) is 0 Å². The van der Waals surface area contributed by atoms with Gasteiger partial charge in [0.05, 0.1) is 31.6 Å². The van der Waals surface area contributed by atoms with Crippen LogP contribution in [0.15, 0.2) is 308 Å². The molecule has 13 aromatic rings. The maximum Gasteiger partial charge on any atom is 0.271 e. The van der Waals surface area contributed by atoms with Crippen molar-refractivity contribution in [3.8, 4) is 51.7 Å². The van der Waals surface area contributed by atoms with Crippen molar-refractivity contribution in [2.45, 2.75) is 39.6 Å². The standard InChI is InChI=1S/C36H28N2O3.C22H20O4.C21H20N2O3.C8H8O5.I3/c39-36(38-37-23-35-33-17-9-7-15-28(33)19-29-16-8-10-18-34(29)35)30-20-31(40-24-26-11-3-1-4-12-26)22-32(21-30)41-25-27-13-5-2-6-14-27;1-24-22(23)19-12-20(25-15-17-8-4-2-5-9-17)14-21(13-19)26-16-18-10-6-3-7-11-18;22-23-21(24)18-11-19(25-14-16-7-3-1-4-8-16)13-20(12-18)26-15-17-9-5-2-6-10-17;1-13-8(12)4-2-5(9)7(11)6(10)3-4;1-3-2/h1-23H,24-25H2,(H,38,39);2-14H,15-16H2,1H3;1-13H,14-15,22H2,(H,23,24);2-3,9-11H,1H3;/q;;;;-1/b37-23+;;;;. The van der Waals surface area contributed by atoms with E-state index in [1.165, 1.54) is 14.2 Å². The number of phenolic OH excluding ortho intramolecular Hbond substituents is 3. The minimum absolute atomic E-state index is 0.0321. The number of hydrazine groups is 1. The Kier molecular flexibility index (Phi) is 32.7. The van der Waals surface area contributed by atoms with Crippen molar-refractivity contribution in [1.82, 2.24) is 10.9 Å². The van der Waals surface area contributed by atoms with Gasteiger partial charge in [-0.25, -0.2) is 20.9 Å². The molecule has 0 saturated carbocycles. The molecule has 0 aliphatic rings. The van der Waals surface area contributed by atoms with Crippen LogP contribution < -0.4 is 58.4 Å². The number of rotatable bonds is 24. The van der Waals surface area contributed by atoms with E-state index in [0.717, 1.165) is 72.6 Å². The zero-order valence-corrected chi connectivity index (χ0v) is 65.6. The summed E-state index contributed by atoms with van der Waals surface area (Å²) in [5.74, 6) is 4.82. The second kappa shape index (κ2) is 43.8. The van der Waals surface area contributed by atoms with E-state index in [1.807, 2.05) is 206 Å². The number of nitrogens with zero attached hydrogens (tertiary/aromatic N) is 1. The van der Waals surface area contributed by atoms with Gasteiger partial charge in [-0.1, -0.05) is 231 Å². The number of carbonyl (C=O) groups is 4. The SMILES string of the molecule is COC(=O)c1cc(O)c(O)c(O)c1.COC(=O)c1cc(OCc2ccccc2)cc(OCc2ccccc2)c1.I[I-]I.NNC(=O)c1cc(OCc2ccccc2)cc(OCc2ccccc2)c1.O=C(N/N=C/c1c2ccccc2cc2ccccc12)c1cc(OCc2ccccc2)cc(OCc2ccccc2)c1. The monoisotopic (exact) mass is 1800 g/mol. The summed E-state index contributed by atoms with van der Waals surface area (Å²) in [4.78, 5) is 48.0. The van der Waals surface area contributed by atoms with Crippen LogP contribution in [0.5, 0.6) is 51.7 Å². The Morgan fingerprint density at radius 2 is 0.624 bits per heavy atom. The van der Waals surface area contributed by atoms with E-state index in [9.17, 15) is 19.2 Å². The van der Waals surface area contributed by atoms with Gasteiger partial charge in [-0.2, -0.15) is 5.10 Å². The molecule has 0 bridgehead atoms. The first-order valence-corrected chi connectivity index (χ1v) is 46.3. The summed E-state index contributed by atoms with van der Waals surface area (Å²) in [5, 5.41) is 35.7. The van der Waals surface area contributed by atoms with Crippen LogP contribution in [0.25, 0.3) is 21.5 Å². The second-order valence-corrected chi connectivity index (χ2v) is 39.8. The Bertz CT molecular complexity index is 4690. The first-order chi connectivity index (χ1) is 53.2. The number of amides is 2. The average molecular weight is 1800 g/mol. The van der Waals surface area contributed by atoms with Gasteiger partial charge in [-0.05, 0) is 110 Å². The van der Waals surface area contributed by atoms with Gasteiger partial charge in [0.1, 0.15) is 74.1 Å². The van der Waals surface area contributed by atoms with Gasteiger partial charge in [-0.3, -0.25) is 15.0 Å². The third-order valence-corrected chi connectivity index (χ3v) is 15.9. The fourth-order valence-corrected chi connectivity index (χ4v) is 10.5.